The van der Waals surface area contributed by atoms with Crippen molar-refractivity contribution in [2.75, 3.05) is 0 Å². The number of ketones is 1. The van der Waals surface area contributed by atoms with Crippen LogP contribution in [0.4, 0.5) is 0 Å². The number of hydrogen-bond donors (Lipinski definition) is 1. The molecule has 2 heterocycles. The predicted octanol–water partition coefficient (Wildman–Crippen LogP) is 12.7. The van der Waals surface area contributed by atoms with Crippen molar-refractivity contribution in [3.8, 4) is 11.3 Å². The first kappa shape index (κ1) is 42.4. The van der Waals surface area contributed by atoms with Crippen molar-refractivity contribution in [3.63, 3.8) is 0 Å². The zero-order chi connectivity index (χ0) is 37.4. The minimum Gasteiger partial charge on any atom is -0.512 e. The minimum absolute atomic E-state index is 0. The molecule has 0 aliphatic carbocycles. The molecule has 0 amide bonds. The summed E-state index contributed by atoms with van der Waals surface area (Å²) in [5, 5.41) is 15.9. The van der Waals surface area contributed by atoms with Gasteiger partial charge >= 0.3 is 0 Å². The van der Waals surface area contributed by atoms with Crippen LogP contribution >= 0.6 is 0 Å². The SMILES string of the molecule is CCC(C)(CC)C(=O)/C=C(\O)C(C)(CC)CC.Cc1cc(C)c2c(c1)nc(-c1[c-]c3ccccc3c(C(C)(C)C)c1)c1cc([Si](C)(C)C)oc12.[Ir]. The molecule has 1 N–H and O–H groups in total. The molecule has 0 atom stereocenters. The summed E-state index contributed by atoms with van der Waals surface area (Å²) in [4.78, 5) is 17.4. The van der Waals surface area contributed by atoms with Gasteiger partial charge in [-0.25, -0.2) is 0 Å². The number of rotatable bonds is 9. The van der Waals surface area contributed by atoms with Crippen LogP contribution in [0, 0.1) is 30.7 Å². The van der Waals surface area contributed by atoms with Gasteiger partial charge in [-0.15, -0.1) is 29.1 Å². The average Bonchev–Trinajstić information content (AvgIpc) is 3.52. The van der Waals surface area contributed by atoms with Crippen LogP contribution < -0.4 is 5.38 Å². The summed E-state index contributed by atoms with van der Waals surface area (Å²) in [6.45, 7) is 30.2. The van der Waals surface area contributed by atoms with Crippen molar-refractivity contribution < 1.29 is 34.4 Å². The number of furan rings is 1. The number of allylic oxidation sites excluding steroid dienone is 2. The van der Waals surface area contributed by atoms with Crippen LogP contribution in [0.2, 0.25) is 19.6 Å². The van der Waals surface area contributed by atoms with E-state index in [2.05, 4.69) is 109 Å². The van der Waals surface area contributed by atoms with Crippen LogP contribution in [0.15, 0.2) is 64.8 Å². The molecule has 0 saturated carbocycles. The smallest absolute Gasteiger partial charge is 0.164 e. The average molecular weight is 883 g/mol. The monoisotopic (exact) mass is 883 g/mol. The number of carbonyl (C=O) groups excluding carboxylic acids is 1. The molecule has 0 fully saturated rings. The number of nitrogens with zero attached hydrogens (tertiary/aromatic N) is 1. The van der Waals surface area contributed by atoms with E-state index >= 15 is 0 Å². The van der Waals surface area contributed by atoms with Gasteiger partial charge in [-0.2, -0.15) is 0 Å². The molecule has 0 bridgehead atoms. The maximum absolute atomic E-state index is 12.2. The first-order chi connectivity index (χ1) is 23.2. The molecular weight excluding hydrogens is 823 g/mol. The van der Waals surface area contributed by atoms with Gasteiger partial charge in [-0.05, 0) is 68.2 Å². The van der Waals surface area contributed by atoms with Crippen LogP contribution in [0.5, 0.6) is 0 Å². The van der Waals surface area contributed by atoms with Gasteiger partial charge in [-0.1, -0.05) is 117 Å². The molecule has 0 aliphatic rings. The maximum Gasteiger partial charge on any atom is 0.164 e. The molecule has 0 unspecified atom stereocenters. The number of aryl methyl sites for hydroxylation is 2. The fourth-order valence-electron chi connectivity index (χ4n) is 6.50. The topological polar surface area (TPSA) is 63.3 Å². The Morgan fingerprint density at radius 3 is 2.00 bits per heavy atom. The van der Waals surface area contributed by atoms with E-state index in [1.54, 1.807) is 0 Å². The fourth-order valence-corrected chi connectivity index (χ4v) is 7.48. The first-order valence-electron chi connectivity index (χ1n) is 18.5. The van der Waals surface area contributed by atoms with Crippen molar-refractivity contribution in [3.05, 3.63) is 83.1 Å². The molecule has 0 spiro atoms. The Morgan fingerprint density at radius 1 is 0.863 bits per heavy atom. The Morgan fingerprint density at radius 2 is 1.45 bits per heavy atom. The van der Waals surface area contributed by atoms with Crippen LogP contribution in [0.1, 0.15) is 105 Å². The number of aliphatic hydroxyl groups is 1. The van der Waals surface area contributed by atoms with Gasteiger partial charge in [-0.3, -0.25) is 9.78 Å². The number of carbonyl (C=O) groups is 1. The Bertz CT molecular complexity index is 2050. The second-order valence-corrected chi connectivity index (χ2v) is 21.9. The van der Waals surface area contributed by atoms with E-state index < -0.39 is 8.07 Å². The minimum atomic E-state index is -1.65. The van der Waals surface area contributed by atoms with E-state index in [1.807, 2.05) is 41.5 Å². The van der Waals surface area contributed by atoms with Gasteiger partial charge in [0, 0.05) is 53.5 Å². The van der Waals surface area contributed by atoms with Crippen molar-refractivity contribution in [2.24, 2.45) is 10.8 Å². The van der Waals surface area contributed by atoms with Crippen molar-refractivity contribution in [2.45, 2.75) is 127 Å². The number of benzene rings is 3. The summed E-state index contributed by atoms with van der Waals surface area (Å²) in [6.07, 6.45) is 4.75. The van der Waals surface area contributed by atoms with Crippen molar-refractivity contribution in [1.29, 1.82) is 0 Å². The molecule has 277 valence electrons. The molecule has 1 radical (unpaired) electrons. The van der Waals surface area contributed by atoms with Crippen LogP contribution in [-0.4, -0.2) is 23.9 Å². The van der Waals surface area contributed by atoms with E-state index in [-0.39, 0.29) is 47.9 Å². The summed E-state index contributed by atoms with van der Waals surface area (Å²) in [6, 6.07) is 21.2. The van der Waals surface area contributed by atoms with E-state index in [1.165, 1.54) is 28.2 Å². The third kappa shape index (κ3) is 8.78. The number of aliphatic hydroxyl groups excluding tert-OH is 1. The normalized spacial score (nSPS) is 12.9. The van der Waals surface area contributed by atoms with E-state index in [0.29, 0.717) is 0 Å². The van der Waals surface area contributed by atoms with Gasteiger partial charge in [0.25, 0.3) is 0 Å². The predicted molar refractivity (Wildman–Crippen MR) is 218 cm³/mol. The Balaban J connectivity index is 0.000000335. The summed E-state index contributed by atoms with van der Waals surface area (Å²) in [7, 11) is -1.65. The Kier molecular flexibility index (Phi) is 13.2. The molecule has 0 saturated heterocycles. The van der Waals surface area contributed by atoms with E-state index in [9.17, 15) is 9.90 Å². The quantitative estimate of drug-likeness (QED) is 0.0693. The fraction of sp³-hybridized carbons (Fsp3) is 0.467. The Labute approximate surface area is 321 Å². The molecule has 5 rings (SSSR count). The van der Waals surface area contributed by atoms with Crippen LogP contribution in [-0.2, 0) is 30.3 Å². The van der Waals surface area contributed by atoms with Crippen molar-refractivity contribution in [1.82, 2.24) is 4.98 Å². The summed E-state index contributed by atoms with van der Waals surface area (Å²) in [5.74, 6) is 0.286. The number of hydrogen-bond acceptors (Lipinski definition) is 4. The van der Waals surface area contributed by atoms with Gasteiger partial charge in [0.1, 0.15) is 19.4 Å². The zero-order valence-corrected chi connectivity index (χ0v) is 37.0. The van der Waals surface area contributed by atoms with E-state index in [4.69, 9.17) is 9.40 Å². The largest absolute Gasteiger partial charge is 0.512 e. The number of fused-ring (bicyclic) bond motifs is 4. The second kappa shape index (κ2) is 15.9. The molecule has 51 heavy (non-hydrogen) atoms. The third-order valence-corrected chi connectivity index (χ3v) is 12.8. The summed E-state index contributed by atoms with van der Waals surface area (Å²) >= 11 is 0. The molecule has 2 aromatic heterocycles. The first-order valence-corrected chi connectivity index (χ1v) is 22.0. The second-order valence-electron chi connectivity index (χ2n) is 16.9. The van der Waals surface area contributed by atoms with Gasteiger partial charge in [0.15, 0.2) is 5.78 Å². The molecule has 5 aromatic rings. The third-order valence-electron chi connectivity index (χ3n) is 11.1. The van der Waals surface area contributed by atoms with Crippen molar-refractivity contribution >= 4 is 51.9 Å². The number of aromatic nitrogens is 1. The summed E-state index contributed by atoms with van der Waals surface area (Å²) < 4.78 is 6.62. The summed E-state index contributed by atoms with van der Waals surface area (Å²) in [5.41, 5.74) is 7.10. The zero-order valence-electron chi connectivity index (χ0n) is 33.6. The van der Waals surface area contributed by atoms with Crippen LogP contribution in [0.3, 0.4) is 0 Å². The Hall–Kier alpha value is -3.05. The number of pyridine rings is 1. The molecule has 4 nitrogen and oxygen atoms in total. The van der Waals surface area contributed by atoms with Gasteiger partial charge < -0.3 is 9.52 Å². The van der Waals surface area contributed by atoms with E-state index in [0.717, 1.165) is 69.6 Å². The van der Waals surface area contributed by atoms with Gasteiger partial charge in [0.05, 0.1) is 10.9 Å². The van der Waals surface area contributed by atoms with Crippen LogP contribution in [0.25, 0.3) is 43.9 Å². The maximum atomic E-state index is 12.2. The molecule has 3 aromatic carbocycles. The molecule has 6 heteroatoms. The molecular formula is C45H60IrNO3Si-. The van der Waals surface area contributed by atoms with Gasteiger partial charge in [0.2, 0.25) is 0 Å². The molecule has 0 aliphatic heterocycles. The standard InChI is InChI=1S/C30H32NOSi.C15H28O2.Ir/c1-18-13-19(2)27-25(14-18)31-28(23-17-26(32-29(23)27)33(6,7)8)21-15-20-11-9-10-12-22(20)24(16-21)30(3,4)5;1-7-14(5,8-2)12(16)11-13(17)15(6,9-3)10-4;/h9-14,16-17H,1-8H3;11,16H,7-10H2,1-6H3;/q-1;;/b;12-11-;.